The lowest BCUT2D eigenvalue weighted by Crippen LogP contribution is -2.24. The van der Waals surface area contributed by atoms with Crippen molar-refractivity contribution in [2.24, 2.45) is 11.8 Å². The molecule has 1 unspecified atom stereocenters. The van der Waals surface area contributed by atoms with Crippen LogP contribution in [0.3, 0.4) is 0 Å². The fourth-order valence-electron chi connectivity index (χ4n) is 3.19. The zero-order valence-corrected chi connectivity index (χ0v) is 12.4. The van der Waals surface area contributed by atoms with E-state index in [1.807, 2.05) is 0 Å². The smallest absolute Gasteiger partial charge is 0.117 e. The van der Waals surface area contributed by atoms with E-state index >= 15 is 0 Å². The first-order valence-electron chi connectivity index (χ1n) is 8.14. The standard InChI is InChI=1S/C16H32FN/c1-3-5-7-9-11-14(10-8-6-4-2)15-12-18-13-16(15)17/h14-16,18H,3-13H2,1-2H3/t14?,15-,16+/m0/s1. The Hall–Kier alpha value is -0.110. The van der Waals surface area contributed by atoms with Gasteiger partial charge in [0.05, 0.1) is 0 Å². The van der Waals surface area contributed by atoms with E-state index < -0.39 is 6.17 Å². The molecule has 1 saturated heterocycles. The summed E-state index contributed by atoms with van der Waals surface area (Å²) in [6.07, 6.45) is 11.0. The number of unbranched alkanes of at least 4 members (excludes halogenated alkanes) is 5. The van der Waals surface area contributed by atoms with E-state index in [9.17, 15) is 4.39 Å². The Labute approximate surface area is 113 Å². The van der Waals surface area contributed by atoms with Crippen molar-refractivity contribution < 1.29 is 4.39 Å². The second-order valence-electron chi connectivity index (χ2n) is 5.94. The molecule has 1 rings (SSSR count). The predicted molar refractivity (Wildman–Crippen MR) is 77.6 cm³/mol. The van der Waals surface area contributed by atoms with E-state index in [1.165, 1.54) is 57.8 Å². The van der Waals surface area contributed by atoms with Gasteiger partial charge in [-0.05, 0) is 5.92 Å². The topological polar surface area (TPSA) is 12.0 Å². The first kappa shape index (κ1) is 15.9. The summed E-state index contributed by atoms with van der Waals surface area (Å²) in [7, 11) is 0. The van der Waals surface area contributed by atoms with Crippen LogP contribution in [0.25, 0.3) is 0 Å². The highest BCUT2D eigenvalue weighted by molar-refractivity contribution is 4.86. The minimum absolute atomic E-state index is 0.295. The predicted octanol–water partition coefficient (Wildman–Crippen LogP) is 4.71. The molecule has 0 aromatic carbocycles. The third kappa shape index (κ3) is 5.69. The van der Waals surface area contributed by atoms with Gasteiger partial charge in [0.1, 0.15) is 6.17 Å². The molecule has 1 fully saturated rings. The largest absolute Gasteiger partial charge is 0.313 e. The van der Waals surface area contributed by atoms with Crippen LogP contribution in [0.1, 0.15) is 71.6 Å². The van der Waals surface area contributed by atoms with Gasteiger partial charge in [0, 0.05) is 19.0 Å². The molecule has 0 saturated carbocycles. The molecule has 1 N–H and O–H groups in total. The molecule has 1 aliphatic rings. The highest BCUT2D eigenvalue weighted by Gasteiger charge is 2.32. The van der Waals surface area contributed by atoms with Crippen molar-refractivity contribution in [3.8, 4) is 0 Å². The van der Waals surface area contributed by atoms with E-state index in [4.69, 9.17) is 0 Å². The Balaban J connectivity index is 2.31. The Morgan fingerprint density at radius 1 is 0.944 bits per heavy atom. The Morgan fingerprint density at radius 2 is 1.56 bits per heavy atom. The maximum Gasteiger partial charge on any atom is 0.117 e. The van der Waals surface area contributed by atoms with Crippen LogP contribution in [0.15, 0.2) is 0 Å². The third-order valence-corrected chi connectivity index (χ3v) is 4.40. The lowest BCUT2D eigenvalue weighted by molar-refractivity contribution is 0.190. The molecule has 1 nitrogen and oxygen atoms in total. The minimum Gasteiger partial charge on any atom is -0.313 e. The zero-order chi connectivity index (χ0) is 13.2. The van der Waals surface area contributed by atoms with E-state index in [1.54, 1.807) is 0 Å². The van der Waals surface area contributed by atoms with Crippen LogP contribution in [0.5, 0.6) is 0 Å². The molecule has 18 heavy (non-hydrogen) atoms. The number of hydrogen-bond acceptors (Lipinski definition) is 1. The van der Waals surface area contributed by atoms with Crippen LogP contribution < -0.4 is 5.32 Å². The van der Waals surface area contributed by atoms with Crippen molar-refractivity contribution in [2.45, 2.75) is 77.8 Å². The van der Waals surface area contributed by atoms with Crippen LogP contribution in [0.4, 0.5) is 4.39 Å². The van der Waals surface area contributed by atoms with E-state index in [0.29, 0.717) is 18.4 Å². The summed E-state index contributed by atoms with van der Waals surface area (Å²) in [6, 6.07) is 0. The second kappa shape index (κ2) is 9.77. The molecule has 3 atom stereocenters. The highest BCUT2D eigenvalue weighted by Crippen LogP contribution is 2.31. The molecule has 0 amide bonds. The molecule has 0 aromatic rings. The lowest BCUT2D eigenvalue weighted by atomic mass is 9.82. The summed E-state index contributed by atoms with van der Waals surface area (Å²) in [6.45, 7) is 5.98. The van der Waals surface area contributed by atoms with Gasteiger partial charge in [-0.2, -0.15) is 0 Å². The van der Waals surface area contributed by atoms with Crippen molar-refractivity contribution >= 4 is 0 Å². The van der Waals surface area contributed by atoms with E-state index in [2.05, 4.69) is 19.2 Å². The summed E-state index contributed by atoms with van der Waals surface area (Å²) in [5, 5.41) is 3.22. The van der Waals surface area contributed by atoms with Crippen LogP contribution in [0, 0.1) is 11.8 Å². The lowest BCUT2D eigenvalue weighted by Gasteiger charge is -2.24. The second-order valence-corrected chi connectivity index (χ2v) is 5.94. The maximum atomic E-state index is 13.9. The average molecular weight is 257 g/mol. The van der Waals surface area contributed by atoms with Gasteiger partial charge >= 0.3 is 0 Å². The van der Waals surface area contributed by atoms with Gasteiger partial charge in [0.15, 0.2) is 0 Å². The van der Waals surface area contributed by atoms with Gasteiger partial charge < -0.3 is 5.32 Å². The number of halogens is 1. The van der Waals surface area contributed by atoms with Gasteiger partial charge in [0.25, 0.3) is 0 Å². The molecule has 108 valence electrons. The van der Waals surface area contributed by atoms with Crippen molar-refractivity contribution in [1.29, 1.82) is 0 Å². The number of rotatable bonds is 10. The van der Waals surface area contributed by atoms with Gasteiger partial charge in [-0.15, -0.1) is 0 Å². The minimum atomic E-state index is -0.595. The fourth-order valence-corrected chi connectivity index (χ4v) is 3.19. The molecule has 2 heteroatoms. The summed E-state index contributed by atoms with van der Waals surface area (Å²) in [4.78, 5) is 0. The molecule has 0 aromatic heterocycles. The number of hydrogen-bond donors (Lipinski definition) is 1. The van der Waals surface area contributed by atoms with Crippen molar-refractivity contribution in [3.63, 3.8) is 0 Å². The molecular formula is C16H32FN. The zero-order valence-electron chi connectivity index (χ0n) is 12.4. The monoisotopic (exact) mass is 257 g/mol. The first-order chi connectivity index (χ1) is 8.79. The Morgan fingerprint density at radius 3 is 2.11 bits per heavy atom. The number of alkyl halides is 1. The van der Waals surface area contributed by atoms with Crippen molar-refractivity contribution in [3.05, 3.63) is 0 Å². The van der Waals surface area contributed by atoms with Crippen molar-refractivity contribution in [1.82, 2.24) is 5.32 Å². The average Bonchev–Trinajstić information content (AvgIpc) is 2.79. The summed E-state index contributed by atoms with van der Waals surface area (Å²) in [5.74, 6) is 0.918. The molecule has 0 bridgehead atoms. The van der Waals surface area contributed by atoms with Gasteiger partial charge in [-0.25, -0.2) is 4.39 Å². The normalized spacial score (nSPS) is 25.5. The van der Waals surface area contributed by atoms with Crippen LogP contribution in [0.2, 0.25) is 0 Å². The molecule has 1 heterocycles. The van der Waals surface area contributed by atoms with E-state index in [-0.39, 0.29) is 0 Å². The van der Waals surface area contributed by atoms with Crippen molar-refractivity contribution in [2.75, 3.05) is 13.1 Å². The molecule has 0 radical (unpaired) electrons. The van der Waals surface area contributed by atoms with Gasteiger partial charge in [-0.1, -0.05) is 71.6 Å². The Bertz CT molecular complexity index is 196. The van der Waals surface area contributed by atoms with Crippen LogP contribution in [-0.4, -0.2) is 19.3 Å². The quantitative estimate of drug-likeness (QED) is 0.559. The maximum absolute atomic E-state index is 13.9. The highest BCUT2D eigenvalue weighted by atomic mass is 19.1. The molecule has 1 aliphatic heterocycles. The summed E-state index contributed by atoms with van der Waals surface area (Å²) < 4.78 is 13.9. The Kier molecular flexibility index (Phi) is 8.66. The molecule has 0 aliphatic carbocycles. The SMILES string of the molecule is CCCCCCC(CCCCC)[C@@H]1CNC[C@H]1F. The van der Waals surface area contributed by atoms with Gasteiger partial charge in [-0.3, -0.25) is 0 Å². The van der Waals surface area contributed by atoms with E-state index in [0.717, 1.165) is 6.54 Å². The van der Waals surface area contributed by atoms with Crippen LogP contribution >= 0.6 is 0 Å². The number of nitrogens with one attached hydrogen (secondary N) is 1. The molecule has 0 spiro atoms. The summed E-state index contributed by atoms with van der Waals surface area (Å²) >= 11 is 0. The molecular weight excluding hydrogens is 225 g/mol. The third-order valence-electron chi connectivity index (χ3n) is 4.40. The van der Waals surface area contributed by atoms with Crippen LogP contribution in [-0.2, 0) is 0 Å². The first-order valence-corrected chi connectivity index (χ1v) is 8.14. The summed E-state index contributed by atoms with van der Waals surface area (Å²) in [5.41, 5.74) is 0. The fraction of sp³-hybridized carbons (Fsp3) is 1.00. The van der Waals surface area contributed by atoms with Gasteiger partial charge in [0.2, 0.25) is 0 Å².